The van der Waals surface area contributed by atoms with Gasteiger partial charge in [-0.3, -0.25) is 4.98 Å². The van der Waals surface area contributed by atoms with Gasteiger partial charge in [-0.1, -0.05) is 11.6 Å². The Hall–Kier alpha value is -1.12. The molecule has 0 aliphatic rings. The Labute approximate surface area is 80.8 Å². The molecule has 0 radical (unpaired) electrons. The van der Waals surface area contributed by atoms with E-state index >= 15 is 0 Å². The zero-order valence-corrected chi connectivity index (χ0v) is 7.62. The molecule has 1 heterocycles. The number of aromatic nitrogens is 1. The second-order valence-corrected chi connectivity index (χ2v) is 3.26. The van der Waals surface area contributed by atoms with Crippen molar-refractivity contribution in [3.63, 3.8) is 0 Å². The lowest BCUT2D eigenvalue weighted by Gasteiger charge is -2.03. The maximum absolute atomic E-state index is 9.08. The number of hydrogen-bond acceptors (Lipinski definition) is 2. The summed E-state index contributed by atoms with van der Waals surface area (Å²) >= 11 is 5.86. The van der Waals surface area contributed by atoms with Crippen LogP contribution in [0.5, 0.6) is 0 Å². The second kappa shape index (κ2) is 3.32. The number of benzene rings is 1. The third-order valence-corrected chi connectivity index (χ3v) is 2.19. The van der Waals surface area contributed by atoms with Gasteiger partial charge in [-0.25, -0.2) is 0 Å². The fraction of sp³-hybridized carbons (Fsp3) is 0.100. The van der Waals surface area contributed by atoms with E-state index in [1.165, 1.54) is 0 Å². The molecule has 0 saturated heterocycles. The number of nitrogens with zero attached hydrogens (tertiary/aromatic N) is 1. The molecule has 0 spiro atoms. The van der Waals surface area contributed by atoms with E-state index in [1.807, 2.05) is 12.1 Å². The van der Waals surface area contributed by atoms with Crippen LogP contribution in [0.15, 0.2) is 30.6 Å². The average Bonchev–Trinajstić information content (AvgIpc) is 2.16. The quantitative estimate of drug-likeness (QED) is 0.755. The predicted octanol–water partition coefficient (Wildman–Crippen LogP) is 2.38. The monoisotopic (exact) mass is 193 g/mol. The van der Waals surface area contributed by atoms with Gasteiger partial charge in [0, 0.05) is 22.8 Å². The van der Waals surface area contributed by atoms with E-state index in [0.717, 1.165) is 16.3 Å². The summed E-state index contributed by atoms with van der Waals surface area (Å²) in [4.78, 5) is 3.99. The van der Waals surface area contributed by atoms with Crippen LogP contribution in [-0.4, -0.2) is 10.1 Å². The second-order valence-electron chi connectivity index (χ2n) is 2.82. The molecule has 0 bridgehead atoms. The number of pyridine rings is 1. The molecule has 0 aliphatic heterocycles. The molecule has 13 heavy (non-hydrogen) atoms. The van der Waals surface area contributed by atoms with E-state index < -0.39 is 0 Å². The van der Waals surface area contributed by atoms with E-state index in [9.17, 15) is 0 Å². The van der Waals surface area contributed by atoms with Crippen LogP contribution in [0.3, 0.4) is 0 Å². The van der Waals surface area contributed by atoms with Gasteiger partial charge in [0.15, 0.2) is 0 Å². The summed E-state index contributed by atoms with van der Waals surface area (Å²) in [6.45, 7) is 0.00106. The molecule has 3 heteroatoms. The van der Waals surface area contributed by atoms with Crippen molar-refractivity contribution in [2.24, 2.45) is 0 Å². The van der Waals surface area contributed by atoms with E-state index in [2.05, 4.69) is 4.98 Å². The molecule has 1 aromatic carbocycles. The summed E-state index contributed by atoms with van der Waals surface area (Å²) in [5.74, 6) is 0. The van der Waals surface area contributed by atoms with E-state index in [4.69, 9.17) is 16.7 Å². The van der Waals surface area contributed by atoms with Crippen LogP contribution in [0, 0.1) is 0 Å². The molecule has 0 saturated carbocycles. The van der Waals surface area contributed by atoms with Gasteiger partial charge in [0.1, 0.15) is 0 Å². The van der Waals surface area contributed by atoms with Crippen molar-refractivity contribution in [1.29, 1.82) is 0 Å². The van der Waals surface area contributed by atoms with Gasteiger partial charge in [0.05, 0.1) is 6.61 Å². The molecular weight excluding hydrogens is 186 g/mol. The van der Waals surface area contributed by atoms with Crippen molar-refractivity contribution in [3.8, 4) is 0 Å². The van der Waals surface area contributed by atoms with Crippen molar-refractivity contribution in [3.05, 3.63) is 41.2 Å². The number of halogens is 1. The zero-order chi connectivity index (χ0) is 9.26. The topological polar surface area (TPSA) is 33.1 Å². The molecular formula is C10H8ClNO. The van der Waals surface area contributed by atoms with Gasteiger partial charge in [-0.05, 0) is 29.1 Å². The fourth-order valence-electron chi connectivity index (χ4n) is 1.38. The normalized spacial score (nSPS) is 10.6. The Balaban J connectivity index is 2.81. The van der Waals surface area contributed by atoms with Gasteiger partial charge < -0.3 is 5.11 Å². The smallest absolute Gasteiger partial charge is 0.0688 e. The Morgan fingerprint density at radius 1 is 1.38 bits per heavy atom. The summed E-state index contributed by atoms with van der Waals surface area (Å²) in [5.41, 5.74) is 0.838. The van der Waals surface area contributed by atoms with Crippen molar-refractivity contribution in [1.82, 2.24) is 4.98 Å². The van der Waals surface area contributed by atoms with Crippen LogP contribution >= 0.6 is 11.6 Å². The molecule has 2 nitrogen and oxygen atoms in total. The highest BCUT2D eigenvalue weighted by atomic mass is 35.5. The van der Waals surface area contributed by atoms with Crippen LogP contribution in [0.2, 0.25) is 5.02 Å². The Morgan fingerprint density at radius 3 is 3.00 bits per heavy atom. The van der Waals surface area contributed by atoms with Crippen molar-refractivity contribution in [2.75, 3.05) is 0 Å². The number of fused-ring (bicyclic) bond motifs is 1. The van der Waals surface area contributed by atoms with Crippen LogP contribution in [-0.2, 0) is 6.61 Å². The molecule has 2 rings (SSSR count). The summed E-state index contributed by atoms with van der Waals surface area (Å²) in [7, 11) is 0. The molecule has 0 aliphatic carbocycles. The maximum Gasteiger partial charge on any atom is 0.0688 e. The lowest BCUT2D eigenvalue weighted by atomic mass is 10.1. The van der Waals surface area contributed by atoms with Crippen molar-refractivity contribution in [2.45, 2.75) is 6.61 Å². The Morgan fingerprint density at radius 2 is 2.23 bits per heavy atom. The van der Waals surface area contributed by atoms with Crippen LogP contribution in [0.1, 0.15) is 5.56 Å². The zero-order valence-electron chi connectivity index (χ0n) is 6.87. The number of aliphatic hydroxyl groups excluding tert-OH is 1. The van der Waals surface area contributed by atoms with Crippen molar-refractivity contribution < 1.29 is 5.11 Å². The van der Waals surface area contributed by atoms with E-state index in [1.54, 1.807) is 18.5 Å². The molecule has 2 aromatic rings. The standard InChI is InChI=1S/C10H8ClNO/c11-9-3-7-5-12-2-1-10(7)8(4-9)6-13/h1-5,13H,6H2. The molecule has 66 valence electrons. The minimum Gasteiger partial charge on any atom is -0.392 e. The van der Waals surface area contributed by atoms with Gasteiger partial charge in [0.2, 0.25) is 0 Å². The Kier molecular flexibility index (Phi) is 2.17. The first-order valence-electron chi connectivity index (χ1n) is 3.94. The van der Waals surface area contributed by atoms with Gasteiger partial charge in [0.25, 0.3) is 0 Å². The molecule has 0 amide bonds. The number of hydrogen-bond donors (Lipinski definition) is 1. The predicted molar refractivity (Wildman–Crippen MR) is 52.7 cm³/mol. The largest absolute Gasteiger partial charge is 0.392 e. The third kappa shape index (κ3) is 1.50. The van der Waals surface area contributed by atoms with Crippen LogP contribution in [0.25, 0.3) is 10.8 Å². The highest BCUT2D eigenvalue weighted by Gasteiger charge is 2.01. The summed E-state index contributed by atoms with van der Waals surface area (Å²) in [6, 6.07) is 5.48. The number of aliphatic hydroxyl groups is 1. The van der Waals surface area contributed by atoms with Gasteiger partial charge in [-0.15, -0.1) is 0 Å². The summed E-state index contributed by atoms with van der Waals surface area (Å²) in [6.07, 6.45) is 3.44. The summed E-state index contributed by atoms with van der Waals surface area (Å²) in [5, 5.41) is 11.7. The Bertz CT molecular complexity index is 442. The van der Waals surface area contributed by atoms with Crippen LogP contribution in [0.4, 0.5) is 0 Å². The van der Waals surface area contributed by atoms with Crippen LogP contribution < -0.4 is 0 Å². The minimum absolute atomic E-state index is 0.00106. The average molecular weight is 194 g/mol. The lowest BCUT2D eigenvalue weighted by molar-refractivity contribution is 0.283. The van der Waals surface area contributed by atoms with Gasteiger partial charge >= 0.3 is 0 Å². The van der Waals surface area contributed by atoms with Gasteiger partial charge in [-0.2, -0.15) is 0 Å². The third-order valence-electron chi connectivity index (χ3n) is 1.97. The first kappa shape index (κ1) is 8.48. The maximum atomic E-state index is 9.08. The molecule has 1 N–H and O–H groups in total. The molecule has 0 atom stereocenters. The van der Waals surface area contributed by atoms with Crippen molar-refractivity contribution >= 4 is 22.4 Å². The molecule has 0 fully saturated rings. The minimum atomic E-state index is 0.00106. The molecule has 0 unspecified atom stereocenters. The highest BCUT2D eigenvalue weighted by molar-refractivity contribution is 6.31. The SMILES string of the molecule is OCc1cc(Cl)cc2cnccc12. The summed E-state index contributed by atoms with van der Waals surface area (Å²) < 4.78 is 0. The fourth-order valence-corrected chi connectivity index (χ4v) is 1.63. The first-order valence-corrected chi connectivity index (χ1v) is 4.32. The van der Waals surface area contributed by atoms with E-state index in [0.29, 0.717) is 5.02 Å². The lowest BCUT2D eigenvalue weighted by Crippen LogP contribution is -1.86. The highest BCUT2D eigenvalue weighted by Crippen LogP contribution is 2.22. The van der Waals surface area contributed by atoms with E-state index in [-0.39, 0.29) is 6.61 Å². The number of rotatable bonds is 1. The molecule has 1 aromatic heterocycles. The first-order chi connectivity index (χ1) is 6.31.